The number of aliphatic hydroxyl groups excluding tert-OH is 1. The second-order valence-corrected chi connectivity index (χ2v) is 6.54. The molecule has 9 heteroatoms. The summed E-state index contributed by atoms with van der Waals surface area (Å²) >= 11 is 0. The minimum absolute atomic E-state index is 0.0272. The van der Waals surface area contributed by atoms with Gasteiger partial charge >= 0.3 is 5.97 Å². The predicted molar refractivity (Wildman–Crippen MR) is 103 cm³/mol. The number of hydrogen-bond acceptors (Lipinski definition) is 6. The van der Waals surface area contributed by atoms with E-state index in [1.807, 2.05) is 0 Å². The van der Waals surface area contributed by atoms with Gasteiger partial charge in [-0.25, -0.2) is 4.79 Å². The number of carbonyl (C=O) groups excluding carboxylic acids is 2. The van der Waals surface area contributed by atoms with Crippen molar-refractivity contribution in [1.29, 1.82) is 0 Å². The van der Waals surface area contributed by atoms with Crippen molar-refractivity contribution in [2.45, 2.75) is 39.3 Å². The molecule has 1 heterocycles. The number of carbonyl (C=O) groups is 3. The molecule has 0 aliphatic heterocycles. The highest BCUT2D eigenvalue weighted by atomic mass is 16.5. The Hall–Kier alpha value is -3.20. The minimum atomic E-state index is -1.03. The summed E-state index contributed by atoms with van der Waals surface area (Å²) in [5, 5.41) is 24.8. The number of nitrogens with one attached hydrogen (secondary N) is 1. The minimum Gasteiger partial charge on any atom is -0.478 e. The standard InChI is InChI=1S/C20H25N3O6/c1-3-23(18(25)11-16-10-13(2)22-29-16)17(8-9-24)19(26)21-12-14-4-6-15(7-5-14)20(27)28/h4-7,10,17,24H,3,8-9,11-12H2,1-2H3,(H,21,26)(H,27,28). The molecular formula is C20H25N3O6. The zero-order chi connectivity index (χ0) is 21.4. The van der Waals surface area contributed by atoms with Gasteiger partial charge in [0, 0.05) is 25.8 Å². The molecule has 0 aliphatic rings. The van der Waals surface area contributed by atoms with E-state index in [4.69, 9.17) is 9.63 Å². The van der Waals surface area contributed by atoms with Crippen molar-refractivity contribution >= 4 is 17.8 Å². The fraction of sp³-hybridized carbons (Fsp3) is 0.400. The average molecular weight is 403 g/mol. The van der Waals surface area contributed by atoms with E-state index in [0.29, 0.717) is 11.5 Å². The van der Waals surface area contributed by atoms with Gasteiger partial charge in [-0.1, -0.05) is 17.3 Å². The van der Waals surface area contributed by atoms with Crippen LogP contribution in [0.5, 0.6) is 0 Å². The molecule has 1 atom stereocenters. The molecule has 2 rings (SSSR count). The van der Waals surface area contributed by atoms with Gasteiger partial charge in [-0.3, -0.25) is 9.59 Å². The van der Waals surface area contributed by atoms with Crippen molar-refractivity contribution < 1.29 is 29.1 Å². The van der Waals surface area contributed by atoms with Crippen molar-refractivity contribution in [2.75, 3.05) is 13.2 Å². The van der Waals surface area contributed by atoms with Crippen molar-refractivity contribution in [3.8, 4) is 0 Å². The van der Waals surface area contributed by atoms with Crippen LogP contribution >= 0.6 is 0 Å². The molecule has 0 aliphatic carbocycles. The quantitative estimate of drug-likeness (QED) is 0.542. The number of carboxylic acids is 1. The molecule has 0 fully saturated rings. The lowest BCUT2D eigenvalue weighted by atomic mass is 10.1. The molecule has 0 saturated heterocycles. The zero-order valence-electron chi connectivity index (χ0n) is 16.4. The van der Waals surface area contributed by atoms with Gasteiger partial charge in [0.1, 0.15) is 11.8 Å². The van der Waals surface area contributed by atoms with Crippen LogP contribution in [0, 0.1) is 6.92 Å². The van der Waals surface area contributed by atoms with Crippen LogP contribution in [-0.4, -0.2) is 57.2 Å². The molecule has 1 unspecified atom stereocenters. The molecule has 0 bridgehead atoms. The van der Waals surface area contributed by atoms with Crippen molar-refractivity contribution in [1.82, 2.24) is 15.4 Å². The van der Waals surface area contributed by atoms with E-state index in [-0.39, 0.29) is 44.0 Å². The third-order valence-corrected chi connectivity index (χ3v) is 4.41. The second-order valence-electron chi connectivity index (χ2n) is 6.54. The van der Waals surface area contributed by atoms with E-state index >= 15 is 0 Å². The van der Waals surface area contributed by atoms with E-state index in [0.717, 1.165) is 5.56 Å². The van der Waals surface area contributed by atoms with Crippen LogP contribution in [0.1, 0.15) is 40.7 Å². The molecule has 29 heavy (non-hydrogen) atoms. The molecule has 1 aromatic carbocycles. The van der Waals surface area contributed by atoms with E-state index in [1.54, 1.807) is 32.0 Å². The highest BCUT2D eigenvalue weighted by molar-refractivity contribution is 5.88. The normalized spacial score (nSPS) is 11.7. The van der Waals surface area contributed by atoms with Crippen LogP contribution in [0.2, 0.25) is 0 Å². The van der Waals surface area contributed by atoms with Gasteiger partial charge in [-0.2, -0.15) is 0 Å². The number of nitrogens with zero attached hydrogens (tertiary/aromatic N) is 2. The molecule has 9 nitrogen and oxygen atoms in total. The first-order valence-electron chi connectivity index (χ1n) is 9.28. The zero-order valence-corrected chi connectivity index (χ0v) is 16.4. The molecular weight excluding hydrogens is 378 g/mol. The maximum Gasteiger partial charge on any atom is 0.335 e. The number of aromatic carboxylic acids is 1. The lowest BCUT2D eigenvalue weighted by Crippen LogP contribution is -2.50. The Morgan fingerprint density at radius 3 is 2.45 bits per heavy atom. The summed E-state index contributed by atoms with van der Waals surface area (Å²) in [7, 11) is 0. The predicted octanol–water partition coefficient (Wildman–Crippen LogP) is 1.14. The number of likely N-dealkylation sites (N-methyl/N-ethyl adjacent to an activating group) is 1. The number of aliphatic hydroxyl groups is 1. The summed E-state index contributed by atoms with van der Waals surface area (Å²) in [6.07, 6.45) is 0.0688. The van der Waals surface area contributed by atoms with Gasteiger partial charge in [0.15, 0.2) is 0 Å². The molecule has 0 spiro atoms. The molecule has 1 aromatic heterocycles. The Labute approximate surface area is 168 Å². The first-order valence-corrected chi connectivity index (χ1v) is 9.28. The largest absolute Gasteiger partial charge is 0.478 e. The smallest absolute Gasteiger partial charge is 0.335 e. The molecule has 156 valence electrons. The Kier molecular flexibility index (Phi) is 7.90. The number of hydrogen-bond donors (Lipinski definition) is 3. The van der Waals surface area contributed by atoms with E-state index in [1.165, 1.54) is 17.0 Å². The Morgan fingerprint density at radius 2 is 1.93 bits per heavy atom. The van der Waals surface area contributed by atoms with Gasteiger partial charge < -0.3 is 25.0 Å². The fourth-order valence-corrected chi connectivity index (χ4v) is 2.94. The third kappa shape index (κ3) is 6.15. The Balaban J connectivity index is 2.03. The number of carboxylic acid groups (broad SMARTS) is 1. The third-order valence-electron chi connectivity index (χ3n) is 4.41. The molecule has 2 aromatic rings. The highest BCUT2D eigenvalue weighted by Crippen LogP contribution is 2.11. The summed E-state index contributed by atoms with van der Waals surface area (Å²) < 4.78 is 5.07. The fourth-order valence-electron chi connectivity index (χ4n) is 2.94. The maximum atomic E-state index is 12.7. The van der Waals surface area contributed by atoms with Crippen LogP contribution in [0.15, 0.2) is 34.9 Å². The lowest BCUT2D eigenvalue weighted by molar-refractivity contribution is -0.140. The molecule has 2 amide bonds. The topological polar surface area (TPSA) is 133 Å². The van der Waals surface area contributed by atoms with Gasteiger partial charge in [-0.05, 0) is 38.0 Å². The monoisotopic (exact) mass is 403 g/mol. The van der Waals surface area contributed by atoms with Gasteiger partial charge in [0.2, 0.25) is 11.8 Å². The molecule has 0 radical (unpaired) electrons. The summed E-state index contributed by atoms with van der Waals surface area (Å²) in [4.78, 5) is 37.7. The van der Waals surface area contributed by atoms with Crippen LogP contribution in [-0.2, 0) is 22.6 Å². The number of aromatic nitrogens is 1. The second kappa shape index (κ2) is 10.4. The van der Waals surface area contributed by atoms with Crippen molar-refractivity contribution in [3.63, 3.8) is 0 Å². The summed E-state index contributed by atoms with van der Waals surface area (Å²) in [6.45, 7) is 3.72. The van der Waals surface area contributed by atoms with Crippen LogP contribution in [0.3, 0.4) is 0 Å². The van der Waals surface area contributed by atoms with Gasteiger partial charge in [0.25, 0.3) is 0 Å². The molecule has 0 saturated carbocycles. The first-order chi connectivity index (χ1) is 13.8. The summed E-state index contributed by atoms with van der Waals surface area (Å²) in [5.41, 5.74) is 1.54. The lowest BCUT2D eigenvalue weighted by Gasteiger charge is -2.29. The Morgan fingerprint density at radius 1 is 1.24 bits per heavy atom. The number of aryl methyl sites for hydroxylation is 1. The number of rotatable bonds is 10. The number of amides is 2. The van der Waals surface area contributed by atoms with Crippen LogP contribution in [0.25, 0.3) is 0 Å². The Bertz CT molecular complexity index is 846. The summed E-state index contributed by atoms with van der Waals surface area (Å²) in [6, 6.07) is 6.96. The van der Waals surface area contributed by atoms with Gasteiger partial charge in [0.05, 0.1) is 17.7 Å². The van der Waals surface area contributed by atoms with Crippen LogP contribution in [0.4, 0.5) is 0 Å². The van der Waals surface area contributed by atoms with E-state index < -0.39 is 17.9 Å². The van der Waals surface area contributed by atoms with Crippen LogP contribution < -0.4 is 5.32 Å². The average Bonchev–Trinajstić information content (AvgIpc) is 3.10. The highest BCUT2D eigenvalue weighted by Gasteiger charge is 2.28. The van der Waals surface area contributed by atoms with Gasteiger partial charge in [-0.15, -0.1) is 0 Å². The van der Waals surface area contributed by atoms with E-state index in [2.05, 4.69) is 10.5 Å². The maximum absolute atomic E-state index is 12.7. The molecule has 3 N–H and O–H groups in total. The number of benzene rings is 1. The first kappa shape index (κ1) is 22.1. The van der Waals surface area contributed by atoms with Crippen molar-refractivity contribution in [2.24, 2.45) is 0 Å². The summed E-state index contributed by atoms with van der Waals surface area (Å²) in [5.74, 6) is -1.32. The van der Waals surface area contributed by atoms with Crippen molar-refractivity contribution in [3.05, 3.63) is 52.9 Å². The SMILES string of the molecule is CCN(C(=O)Cc1cc(C)no1)C(CCO)C(=O)NCc1ccc(C(=O)O)cc1. The van der Waals surface area contributed by atoms with E-state index in [9.17, 15) is 19.5 Å².